The van der Waals surface area contributed by atoms with E-state index in [-0.39, 0.29) is 12.5 Å². The van der Waals surface area contributed by atoms with Crippen LogP contribution in [0.3, 0.4) is 0 Å². The van der Waals surface area contributed by atoms with E-state index in [1.165, 1.54) is 17.0 Å². The van der Waals surface area contributed by atoms with Gasteiger partial charge in [0.1, 0.15) is 9.88 Å². The number of aryl methyl sites for hydroxylation is 1. The van der Waals surface area contributed by atoms with Gasteiger partial charge in [0.05, 0.1) is 17.2 Å². The fourth-order valence-corrected chi connectivity index (χ4v) is 3.85. The minimum absolute atomic E-state index is 0.154. The molecule has 1 aliphatic rings. The molecule has 1 unspecified atom stereocenters. The average Bonchev–Trinajstić information content (AvgIpc) is 3.20. The molecule has 138 valence electrons. The van der Waals surface area contributed by atoms with Crippen LogP contribution in [-0.4, -0.2) is 40.0 Å². The number of carbonyl (C=O) groups excluding carboxylic acids is 1. The number of thiazole rings is 1. The van der Waals surface area contributed by atoms with Crippen LogP contribution in [0.25, 0.3) is 10.6 Å². The molecule has 0 saturated carbocycles. The van der Waals surface area contributed by atoms with E-state index in [0.717, 1.165) is 23.5 Å². The highest BCUT2D eigenvalue weighted by Crippen LogP contribution is 2.33. The molecule has 1 aromatic heterocycles. The van der Waals surface area contributed by atoms with Crippen molar-refractivity contribution in [2.75, 3.05) is 13.1 Å². The van der Waals surface area contributed by atoms with Gasteiger partial charge in [-0.2, -0.15) is 13.2 Å². The number of aliphatic carboxylic acids is 1. The smallest absolute Gasteiger partial charge is 0.416 e. The van der Waals surface area contributed by atoms with Crippen molar-refractivity contribution < 1.29 is 27.9 Å². The summed E-state index contributed by atoms with van der Waals surface area (Å²) in [5, 5.41) is 9.49. The Morgan fingerprint density at radius 3 is 2.46 bits per heavy atom. The molecule has 0 spiro atoms. The summed E-state index contributed by atoms with van der Waals surface area (Å²) in [5.41, 5.74) is 0.228. The van der Waals surface area contributed by atoms with Crippen molar-refractivity contribution in [3.8, 4) is 10.6 Å². The van der Waals surface area contributed by atoms with E-state index in [4.69, 9.17) is 5.11 Å². The van der Waals surface area contributed by atoms with Crippen LogP contribution in [0, 0.1) is 12.8 Å². The molecule has 1 aliphatic heterocycles. The van der Waals surface area contributed by atoms with Crippen molar-refractivity contribution in [1.29, 1.82) is 0 Å². The molecule has 9 heteroatoms. The van der Waals surface area contributed by atoms with E-state index in [1.807, 2.05) is 0 Å². The fraction of sp³-hybridized carbons (Fsp3) is 0.353. The lowest BCUT2D eigenvalue weighted by molar-refractivity contribution is -0.141. The van der Waals surface area contributed by atoms with Gasteiger partial charge in [0.25, 0.3) is 5.91 Å². The van der Waals surface area contributed by atoms with Crippen molar-refractivity contribution in [2.24, 2.45) is 5.92 Å². The number of hydrogen-bond acceptors (Lipinski definition) is 4. The van der Waals surface area contributed by atoms with E-state index in [0.29, 0.717) is 34.1 Å². The Kier molecular flexibility index (Phi) is 4.74. The Labute approximate surface area is 151 Å². The van der Waals surface area contributed by atoms with Crippen molar-refractivity contribution in [1.82, 2.24) is 9.88 Å². The molecule has 0 aliphatic carbocycles. The van der Waals surface area contributed by atoms with Crippen LogP contribution in [-0.2, 0) is 11.0 Å². The zero-order chi connectivity index (χ0) is 19.1. The first kappa shape index (κ1) is 18.4. The van der Waals surface area contributed by atoms with Crippen molar-refractivity contribution in [3.63, 3.8) is 0 Å². The SMILES string of the molecule is Cc1nc(-c2ccc(C(F)(F)F)cc2)sc1C(=O)N1CCC(C(=O)O)C1. The summed E-state index contributed by atoms with van der Waals surface area (Å²) in [6.07, 6.45) is -4.00. The zero-order valence-electron chi connectivity index (χ0n) is 13.7. The number of rotatable bonds is 3. The molecule has 1 atom stereocenters. The van der Waals surface area contributed by atoms with Gasteiger partial charge >= 0.3 is 12.1 Å². The number of halogens is 3. The van der Waals surface area contributed by atoms with Crippen molar-refractivity contribution in [3.05, 3.63) is 40.4 Å². The summed E-state index contributed by atoms with van der Waals surface area (Å²) in [7, 11) is 0. The predicted molar refractivity (Wildman–Crippen MR) is 88.9 cm³/mol. The lowest BCUT2D eigenvalue weighted by atomic mass is 10.1. The van der Waals surface area contributed by atoms with Gasteiger partial charge < -0.3 is 10.0 Å². The third kappa shape index (κ3) is 3.57. The standard InChI is InChI=1S/C17H15F3N2O3S/c1-9-13(15(23)22-7-6-11(8-22)16(24)25)26-14(21-9)10-2-4-12(5-3-10)17(18,19)20/h2-5,11H,6-8H2,1H3,(H,24,25). The van der Waals surface area contributed by atoms with E-state index in [2.05, 4.69) is 4.98 Å². The van der Waals surface area contributed by atoms with Gasteiger partial charge in [0.15, 0.2) is 0 Å². The second kappa shape index (κ2) is 6.71. The summed E-state index contributed by atoms with van der Waals surface area (Å²) < 4.78 is 38.0. The molecule has 1 amide bonds. The second-order valence-corrected chi connectivity index (χ2v) is 7.08. The Balaban J connectivity index is 1.81. The number of hydrogen-bond donors (Lipinski definition) is 1. The highest BCUT2D eigenvalue weighted by molar-refractivity contribution is 7.17. The van der Waals surface area contributed by atoms with Gasteiger partial charge in [0.2, 0.25) is 0 Å². The van der Waals surface area contributed by atoms with Crippen LogP contribution >= 0.6 is 11.3 Å². The van der Waals surface area contributed by atoms with Crippen LogP contribution in [0.15, 0.2) is 24.3 Å². The van der Waals surface area contributed by atoms with E-state index >= 15 is 0 Å². The maximum Gasteiger partial charge on any atom is 0.416 e. The minimum Gasteiger partial charge on any atom is -0.481 e. The van der Waals surface area contributed by atoms with Crippen molar-refractivity contribution in [2.45, 2.75) is 19.5 Å². The molecule has 1 N–H and O–H groups in total. The molecule has 1 saturated heterocycles. The quantitative estimate of drug-likeness (QED) is 0.876. The van der Waals surface area contributed by atoms with Crippen LogP contribution < -0.4 is 0 Å². The Hall–Kier alpha value is -2.42. The molecular formula is C17H15F3N2O3S. The van der Waals surface area contributed by atoms with Gasteiger partial charge in [-0.15, -0.1) is 11.3 Å². The van der Waals surface area contributed by atoms with Crippen LogP contribution in [0.1, 0.15) is 27.3 Å². The number of carboxylic acids is 1. The van der Waals surface area contributed by atoms with Crippen LogP contribution in [0.4, 0.5) is 13.2 Å². The monoisotopic (exact) mass is 384 g/mol. The molecule has 0 bridgehead atoms. The minimum atomic E-state index is -4.41. The number of benzene rings is 1. The first-order valence-corrected chi connectivity index (χ1v) is 8.65. The lowest BCUT2D eigenvalue weighted by Crippen LogP contribution is -2.29. The first-order chi connectivity index (χ1) is 12.2. The zero-order valence-corrected chi connectivity index (χ0v) is 14.5. The number of likely N-dealkylation sites (tertiary alicyclic amines) is 1. The number of alkyl halides is 3. The number of amides is 1. The first-order valence-electron chi connectivity index (χ1n) is 7.84. The van der Waals surface area contributed by atoms with Crippen LogP contribution in [0.2, 0.25) is 0 Å². The van der Waals surface area contributed by atoms with E-state index in [9.17, 15) is 22.8 Å². The Morgan fingerprint density at radius 1 is 1.27 bits per heavy atom. The summed E-state index contributed by atoms with van der Waals surface area (Å²) in [6, 6.07) is 4.61. The normalized spacial score (nSPS) is 17.5. The number of carbonyl (C=O) groups is 2. The summed E-state index contributed by atoms with van der Waals surface area (Å²) in [5.74, 6) is -1.78. The molecule has 5 nitrogen and oxygen atoms in total. The maximum absolute atomic E-state index is 12.7. The van der Waals surface area contributed by atoms with Crippen LogP contribution in [0.5, 0.6) is 0 Å². The molecule has 3 rings (SSSR count). The third-order valence-corrected chi connectivity index (χ3v) is 5.47. The molecule has 1 fully saturated rings. The van der Waals surface area contributed by atoms with Crippen molar-refractivity contribution >= 4 is 23.2 Å². The molecule has 2 aromatic rings. The molecule has 1 aromatic carbocycles. The highest BCUT2D eigenvalue weighted by Gasteiger charge is 2.33. The summed E-state index contributed by atoms with van der Waals surface area (Å²) in [4.78, 5) is 29.8. The molecule has 26 heavy (non-hydrogen) atoms. The largest absolute Gasteiger partial charge is 0.481 e. The average molecular weight is 384 g/mol. The number of carboxylic acid groups (broad SMARTS) is 1. The number of aromatic nitrogens is 1. The fourth-order valence-electron chi connectivity index (χ4n) is 2.81. The van der Waals surface area contributed by atoms with Gasteiger partial charge in [-0.1, -0.05) is 12.1 Å². The Bertz CT molecular complexity index is 846. The number of nitrogens with zero attached hydrogens (tertiary/aromatic N) is 2. The third-order valence-electron chi connectivity index (χ3n) is 4.27. The van der Waals surface area contributed by atoms with Gasteiger partial charge in [-0.25, -0.2) is 4.98 Å². The molecular weight excluding hydrogens is 369 g/mol. The topological polar surface area (TPSA) is 70.5 Å². The van der Waals surface area contributed by atoms with Gasteiger partial charge in [0, 0.05) is 18.7 Å². The van der Waals surface area contributed by atoms with E-state index < -0.39 is 23.6 Å². The van der Waals surface area contributed by atoms with Gasteiger partial charge in [-0.3, -0.25) is 9.59 Å². The highest BCUT2D eigenvalue weighted by atomic mass is 32.1. The summed E-state index contributed by atoms with van der Waals surface area (Å²) in [6.45, 7) is 2.17. The maximum atomic E-state index is 12.7. The lowest BCUT2D eigenvalue weighted by Gasteiger charge is -2.14. The second-order valence-electron chi connectivity index (χ2n) is 6.08. The molecule has 0 radical (unpaired) electrons. The summed E-state index contributed by atoms with van der Waals surface area (Å²) >= 11 is 1.10. The predicted octanol–water partition coefficient (Wildman–Crippen LogP) is 3.68. The Morgan fingerprint density at radius 2 is 1.92 bits per heavy atom. The van der Waals surface area contributed by atoms with Gasteiger partial charge in [-0.05, 0) is 25.5 Å². The molecule has 2 heterocycles. The van der Waals surface area contributed by atoms with E-state index in [1.54, 1.807) is 6.92 Å².